The number of piperidine rings is 1. The third-order valence-electron chi connectivity index (χ3n) is 5.52. The molecule has 1 saturated heterocycles. The number of anilines is 2. The van der Waals surface area contributed by atoms with Crippen molar-refractivity contribution >= 4 is 34.0 Å². The average molecular weight is 463 g/mol. The summed E-state index contributed by atoms with van der Waals surface area (Å²) in [6, 6.07) is 13.2. The summed E-state index contributed by atoms with van der Waals surface area (Å²) < 4.78 is 12.1. The van der Waals surface area contributed by atoms with Gasteiger partial charge in [0.1, 0.15) is 29.7 Å². The Kier molecular flexibility index (Phi) is 6.19. The van der Waals surface area contributed by atoms with E-state index in [9.17, 15) is 0 Å². The van der Waals surface area contributed by atoms with Gasteiger partial charge >= 0.3 is 6.01 Å². The van der Waals surface area contributed by atoms with Gasteiger partial charge in [-0.05, 0) is 56.3 Å². The molecule has 1 fully saturated rings. The molecule has 0 radical (unpaired) electrons. The number of halogens is 1. The molecule has 3 heterocycles. The summed E-state index contributed by atoms with van der Waals surface area (Å²) >= 11 is 6.45. The highest BCUT2D eigenvalue weighted by Crippen LogP contribution is 2.35. The van der Waals surface area contributed by atoms with E-state index in [0.29, 0.717) is 16.6 Å². The van der Waals surface area contributed by atoms with Gasteiger partial charge in [-0.25, -0.2) is 19.9 Å². The maximum Gasteiger partial charge on any atom is 0.321 e. The lowest BCUT2D eigenvalue weighted by Gasteiger charge is -2.29. The summed E-state index contributed by atoms with van der Waals surface area (Å²) in [5.41, 5.74) is 1.57. The Morgan fingerprint density at radius 1 is 0.970 bits per heavy atom. The number of likely N-dealkylation sites (tertiary alicyclic amines) is 1. The Hall–Kier alpha value is -3.49. The Morgan fingerprint density at radius 3 is 2.58 bits per heavy atom. The number of aromatic nitrogens is 4. The van der Waals surface area contributed by atoms with Crippen LogP contribution >= 0.6 is 11.6 Å². The Labute approximate surface area is 196 Å². The maximum absolute atomic E-state index is 6.45. The van der Waals surface area contributed by atoms with Crippen molar-refractivity contribution in [2.24, 2.45) is 0 Å². The lowest BCUT2D eigenvalue weighted by Crippen LogP contribution is -2.35. The first-order valence-electron chi connectivity index (χ1n) is 10.8. The van der Waals surface area contributed by atoms with E-state index in [1.54, 1.807) is 30.6 Å². The zero-order valence-electron chi connectivity index (χ0n) is 18.1. The number of benzene rings is 2. The first-order chi connectivity index (χ1) is 16.2. The van der Waals surface area contributed by atoms with Crippen LogP contribution in [-0.2, 0) is 0 Å². The van der Waals surface area contributed by atoms with Gasteiger partial charge in [0.05, 0.1) is 15.9 Å². The van der Waals surface area contributed by atoms with Crippen LogP contribution in [0.15, 0.2) is 61.2 Å². The van der Waals surface area contributed by atoms with E-state index in [4.69, 9.17) is 21.1 Å². The van der Waals surface area contributed by atoms with Crippen molar-refractivity contribution in [3.8, 4) is 17.5 Å². The van der Waals surface area contributed by atoms with Crippen LogP contribution in [0.1, 0.15) is 12.8 Å². The van der Waals surface area contributed by atoms with Crippen LogP contribution in [0.4, 0.5) is 11.5 Å². The van der Waals surface area contributed by atoms with E-state index in [1.807, 2.05) is 24.3 Å². The Bertz CT molecular complexity index is 1240. The second-order valence-corrected chi connectivity index (χ2v) is 8.30. The monoisotopic (exact) mass is 462 g/mol. The van der Waals surface area contributed by atoms with E-state index >= 15 is 0 Å². The molecule has 2 aromatic carbocycles. The third-order valence-corrected chi connectivity index (χ3v) is 5.82. The molecule has 2 aromatic heterocycles. The molecule has 1 N–H and O–H groups in total. The number of fused-ring (bicyclic) bond motifs is 1. The summed E-state index contributed by atoms with van der Waals surface area (Å²) in [7, 11) is 2.14. The van der Waals surface area contributed by atoms with Crippen LogP contribution in [0.3, 0.4) is 0 Å². The topological polar surface area (TPSA) is 85.3 Å². The standard InChI is InChI=1S/C24H23ClN6O2/c1-31-12-8-17(9-13-31)32-21-5-2-4-19-22(21)23(29-15-28-19)30-16-6-7-20(18(25)14-16)33-24-26-10-3-11-27-24/h2-7,10-11,14-15,17H,8-9,12-13H2,1H3,(H,28,29,30). The second kappa shape index (κ2) is 9.56. The molecule has 1 aliphatic rings. The van der Waals surface area contributed by atoms with E-state index < -0.39 is 0 Å². The van der Waals surface area contributed by atoms with Crippen LogP contribution in [-0.4, -0.2) is 51.1 Å². The number of nitrogens with one attached hydrogen (secondary N) is 1. The number of ether oxygens (including phenoxy) is 2. The quantitative estimate of drug-likeness (QED) is 0.424. The van der Waals surface area contributed by atoms with Crippen LogP contribution in [0.2, 0.25) is 5.02 Å². The van der Waals surface area contributed by atoms with Crippen molar-refractivity contribution < 1.29 is 9.47 Å². The first kappa shape index (κ1) is 21.4. The number of nitrogens with zero attached hydrogens (tertiary/aromatic N) is 5. The molecular formula is C24H23ClN6O2. The SMILES string of the molecule is CN1CCC(Oc2cccc3ncnc(Nc4ccc(Oc5ncccn5)c(Cl)c4)c23)CC1. The smallest absolute Gasteiger partial charge is 0.321 e. The lowest BCUT2D eigenvalue weighted by atomic mass is 10.1. The van der Waals surface area contributed by atoms with Crippen molar-refractivity contribution in [1.82, 2.24) is 24.8 Å². The van der Waals surface area contributed by atoms with Gasteiger partial charge in [-0.1, -0.05) is 17.7 Å². The molecule has 33 heavy (non-hydrogen) atoms. The fourth-order valence-corrected chi connectivity index (χ4v) is 4.01. The molecule has 168 valence electrons. The van der Waals surface area contributed by atoms with Gasteiger partial charge in [-0.15, -0.1) is 0 Å². The van der Waals surface area contributed by atoms with Crippen LogP contribution in [0, 0.1) is 0 Å². The molecular weight excluding hydrogens is 440 g/mol. The highest BCUT2D eigenvalue weighted by Gasteiger charge is 2.20. The highest BCUT2D eigenvalue weighted by atomic mass is 35.5. The molecule has 0 aliphatic carbocycles. The molecule has 4 aromatic rings. The van der Waals surface area contributed by atoms with Crippen molar-refractivity contribution in [3.63, 3.8) is 0 Å². The van der Waals surface area contributed by atoms with Gasteiger partial charge < -0.3 is 19.7 Å². The second-order valence-electron chi connectivity index (χ2n) is 7.90. The summed E-state index contributed by atoms with van der Waals surface area (Å²) in [5, 5.41) is 4.62. The first-order valence-corrected chi connectivity index (χ1v) is 11.1. The highest BCUT2D eigenvalue weighted by molar-refractivity contribution is 6.32. The number of hydrogen-bond donors (Lipinski definition) is 1. The normalized spacial score (nSPS) is 14.8. The summed E-state index contributed by atoms with van der Waals surface area (Å²) in [6.45, 7) is 2.05. The van der Waals surface area contributed by atoms with Gasteiger partial charge in [-0.2, -0.15) is 0 Å². The van der Waals surface area contributed by atoms with E-state index in [-0.39, 0.29) is 12.1 Å². The van der Waals surface area contributed by atoms with Gasteiger partial charge in [0, 0.05) is 31.2 Å². The zero-order valence-corrected chi connectivity index (χ0v) is 18.9. The molecule has 5 rings (SSSR count). The van der Waals surface area contributed by atoms with Gasteiger partial charge in [0.15, 0.2) is 0 Å². The van der Waals surface area contributed by atoms with E-state index in [1.165, 1.54) is 6.33 Å². The fourth-order valence-electron chi connectivity index (χ4n) is 3.79. The Balaban J connectivity index is 1.40. The predicted molar refractivity (Wildman–Crippen MR) is 128 cm³/mol. The van der Waals surface area contributed by atoms with Crippen molar-refractivity contribution in [1.29, 1.82) is 0 Å². The molecule has 0 saturated carbocycles. The van der Waals surface area contributed by atoms with E-state index in [0.717, 1.165) is 48.3 Å². The maximum atomic E-state index is 6.45. The molecule has 9 heteroatoms. The lowest BCUT2D eigenvalue weighted by molar-refractivity contribution is 0.116. The molecule has 1 aliphatic heterocycles. The van der Waals surface area contributed by atoms with Crippen LogP contribution < -0.4 is 14.8 Å². The minimum absolute atomic E-state index is 0.172. The summed E-state index contributed by atoms with van der Waals surface area (Å²) in [4.78, 5) is 19.4. The predicted octanol–water partition coefficient (Wildman–Crippen LogP) is 5.08. The Morgan fingerprint density at radius 2 is 1.79 bits per heavy atom. The van der Waals surface area contributed by atoms with Gasteiger partial charge in [0.25, 0.3) is 0 Å². The molecule has 0 spiro atoms. The molecule has 0 bridgehead atoms. The average Bonchev–Trinajstić information content (AvgIpc) is 2.83. The van der Waals surface area contributed by atoms with Crippen LogP contribution in [0.5, 0.6) is 17.5 Å². The molecule has 0 amide bonds. The molecule has 8 nitrogen and oxygen atoms in total. The summed E-state index contributed by atoms with van der Waals surface area (Å²) in [5.74, 6) is 1.89. The van der Waals surface area contributed by atoms with Crippen molar-refractivity contribution in [3.05, 3.63) is 66.2 Å². The van der Waals surface area contributed by atoms with Gasteiger partial charge in [0.2, 0.25) is 0 Å². The van der Waals surface area contributed by atoms with Crippen molar-refractivity contribution in [2.75, 3.05) is 25.5 Å². The van der Waals surface area contributed by atoms with Crippen LogP contribution in [0.25, 0.3) is 10.9 Å². The fraction of sp³-hybridized carbons (Fsp3) is 0.250. The minimum atomic E-state index is 0.172. The zero-order chi connectivity index (χ0) is 22.6. The molecule has 0 atom stereocenters. The number of rotatable bonds is 6. The van der Waals surface area contributed by atoms with Gasteiger partial charge in [-0.3, -0.25) is 0 Å². The molecule has 0 unspecified atom stereocenters. The third kappa shape index (κ3) is 4.97. The van der Waals surface area contributed by atoms with E-state index in [2.05, 4.69) is 37.2 Å². The largest absolute Gasteiger partial charge is 0.489 e. The number of hydrogen-bond acceptors (Lipinski definition) is 8. The summed E-state index contributed by atoms with van der Waals surface area (Å²) in [6.07, 6.45) is 6.91. The minimum Gasteiger partial charge on any atom is -0.489 e. The van der Waals surface area contributed by atoms with Crippen molar-refractivity contribution in [2.45, 2.75) is 18.9 Å².